The summed E-state index contributed by atoms with van der Waals surface area (Å²) in [7, 11) is 7.08. The lowest BCUT2D eigenvalue weighted by molar-refractivity contribution is 0.103. The van der Waals surface area contributed by atoms with Crippen LogP contribution in [0.2, 0.25) is 0 Å². The Hall–Kier alpha value is -2.60. The lowest BCUT2D eigenvalue weighted by Gasteiger charge is -2.11. The second kappa shape index (κ2) is 6.49. The molecule has 0 atom stereocenters. The van der Waals surface area contributed by atoms with Crippen LogP contribution in [-0.4, -0.2) is 39.1 Å². The number of rotatable bonds is 5. The van der Waals surface area contributed by atoms with Gasteiger partial charge in [0.25, 0.3) is 0 Å². The highest BCUT2D eigenvalue weighted by molar-refractivity contribution is 7.20. The molecule has 0 saturated heterocycles. The van der Waals surface area contributed by atoms with Crippen LogP contribution in [-0.2, 0) is 0 Å². The highest BCUT2D eigenvalue weighted by Crippen LogP contribution is 2.31. The van der Waals surface area contributed by atoms with Crippen molar-refractivity contribution in [2.75, 3.05) is 33.2 Å². The second-order valence-corrected chi connectivity index (χ2v) is 6.50. The molecule has 1 aromatic heterocycles. The fourth-order valence-electron chi connectivity index (χ4n) is 2.39. The van der Waals surface area contributed by atoms with E-state index in [1.807, 2.05) is 37.2 Å². The molecule has 0 amide bonds. The van der Waals surface area contributed by atoms with Gasteiger partial charge in [-0.3, -0.25) is 4.79 Å². The lowest BCUT2D eigenvalue weighted by atomic mass is 10.1. The summed E-state index contributed by atoms with van der Waals surface area (Å²) in [6, 6.07) is 11.1. The molecule has 1 heterocycles. The van der Waals surface area contributed by atoms with Gasteiger partial charge in [0.05, 0.1) is 24.4 Å². The Morgan fingerprint density at radius 2 is 1.79 bits per heavy atom. The Bertz CT molecular complexity index is 902. The van der Waals surface area contributed by atoms with Crippen molar-refractivity contribution in [3.63, 3.8) is 0 Å². The maximum absolute atomic E-state index is 12.7. The van der Waals surface area contributed by atoms with Crippen molar-refractivity contribution in [3.8, 4) is 11.5 Å². The number of nitrogens with zero attached hydrogens (tertiary/aromatic N) is 2. The van der Waals surface area contributed by atoms with Gasteiger partial charge in [0.1, 0.15) is 0 Å². The maximum Gasteiger partial charge on any atom is 0.221 e. The average Bonchev–Trinajstić information content (AvgIpc) is 3.03. The summed E-state index contributed by atoms with van der Waals surface area (Å²) in [6.07, 6.45) is 0. The fourth-order valence-corrected chi connectivity index (χ4v) is 3.35. The third kappa shape index (κ3) is 2.92. The molecule has 0 unspecified atom stereocenters. The van der Waals surface area contributed by atoms with Crippen molar-refractivity contribution in [1.82, 2.24) is 4.98 Å². The molecule has 3 aromatic rings. The van der Waals surface area contributed by atoms with E-state index >= 15 is 0 Å². The number of ketones is 1. The smallest absolute Gasteiger partial charge is 0.221 e. The summed E-state index contributed by atoms with van der Waals surface area (Å²) in [4.78, 5) is 19.2. The molecule has 0 aliphatic rings. The third-order valence-corrected chi connectivity index (χ3v) is 4.75. The van der Waals surface area contributed by atoms with Crippen LogP contribution in [0.25, 0.3) is 10.2 Å². The first-order chi connectivity index (χ1) is 11.5. The molecule has 0 saturated carbocycles. The van der Waals surface area contributed by atoms with Gasteiger partial charge in [-0.2, -0.15) is 0 Å². The zero-order valence-electron chi connectivity index (χ0n) is 14.0. The average molecular weight is 342 g/mol. The first kappa shape index (κ1) is 16.3. The zero-order chi connectivity index (χ0) is 17.3. The van der Waals surface area contributed by atoms with Gasteiger partial charge in [0.2, 0.25) is 5.78 Å². The van der Waals surface area contributed by atoms with Gasteiger partial charge in [-0.15, -0.1) is 11.3 Å². The van der Waals surface area contributed by atoms with Crippen LogP contribution in [0, 0.1) is 0 Å². The van der Waals surface area contributed by atoms with Gasteiger partial charge in [0, 0.05) is 25.3 Å². The topological polar surface area (TPSA) is 51.7 Å². The molecule has 0 N–H and O–H groups in total. The van der Waals surface area contributed by atoms with E-state index in [0.717, 1.165) is 15.9 Å². The normalized spacial score (nSPS) is 10.7. The Morgan fingerprint density at radius 3 is 2.46 bits per heavy atom. The number of anilines is 1. The van der Waals surface area contributed by atoms with Crippen LogP contribution in [0.3, 0.4) is 0 Å². The van der Waals surface area contributed by atoms with E-state index in [9.17, 15) is 4.79 Å². The quantitative estimate of drug-likeness (QED) is 0.663. The molecule has 5 nitrogen and oxygen atoms in total. The van der Waals surface area contributed by atoms with Gasteiger partial charge in [-0.25, -0.2) is 4.98 Å². The van der Waals surface area contributed by atoms with E-state index in [1.165, 1.54) is 11.3 Å². The summed E-state index contributed by atoms with van der Waals surface area (Å²) in [6.45, 7) is 0. The SMILES string of the molecule is COc1ccc(C(=O)c2nc3ccc(N(C)C)cc3s2)cc1OC. The minimum atomic E-state index is -0.122. The first-order valence-electron chi connectivity index (χ1n) is 7.38. The predicted molar refractivity (Wildman–Crippen MR) is 96.9 cm³/mol. The molecule has 0 aliphatic heterocycles. The van der Waals surface area contributed by atoms with Gasteiger partial charge in [-0.05, 0) is 36.4 Å². The van der Waals surface area contributed by atoms with Crippen LogP contribution in [0.5, 0.6) is 11.5 Å². The van der Waals surface area contributed by atoms with E-state index < -0.39 is 0 Å². The van der Waals surface area contributed by atoms with Crippen molar-refractivity contribution in [2.24, 2.45) is 0 Å². The van der Waals surface area contributed by atoms with Crippen LogP contribution in [0.4, 0.5) is 5.69 Å². The van der Waals surface area contributed by atoms with Crippen molar-refractivity contribution in [1.29, 1.82) is 0 Å². The Labute approximate surface area is 144 Å². The second-order valence-electron chi connectivity index (χ2n) is 5.46. The van der Waals surface area contributed by atoms with E-state index in [-0.39, 0.29) is 5.78 Å². The third-order valence-electron chi connectivity index (χ3n) is 3.73. The molecular weight excluding hydrogens is 324 g/mol. The van der Waals surface area contributed by atoms with Gasteiger partial charge < -0.3 is 14.4 Å². The summed E-state index contributed by atoms with van der Waals surface area (Å²) in [5.41, 5.74) is 2.44. The summed E-state index contributed by atoms with van der Waals surface area (Å²) < 4.78 is 11.5. The number of carbonyl (C=O) groups excluding carboxylic acids is 1. The molecule has 124 valence electrons. The Morgan fingerprint density at radius 1 is 1.04 bits per heavy atom. The lowest BCUT2D eigenvalue weighted by Crippen LogP contribution is -2.07. The largest absolute Gasteiger partial charge is 0.493 e. The van der Waals surface area contributed by atoms with E-state index in [2.05, 4.69) is 4.98 Å². The number of ether oxygens (including phenoxy) is 2. The van der Waals surface area contributed by atoms with E-state index in [0.29, 0.717) is 22.1 Å². The minimum absolute atomic E-state index is 0.122. The summed E-state index contributed by atoms with van der Waals surface area (Å²) in [5, 5.41) is 0.466. The molecule has 3 rings (SSSR count). The summed E-state index contributed by atoms with van der Waals surface area (Å²) in [5.74, 6) is 0.997. The number of thiazole rings is 1. The van der Waals surface area contributed by atoms with Crippen molar-refractivity contribution in [2.45, 2.75) is 0 Å². The Balaban J connectivity index is 1.99. The highest BCUT2D eigenvalue weighted by atomic mass is 32.1. The van der Waals surface area contributed by atoms with Gasteiger partial charge >= 0.3 is 0 Å². The number of benzene rings is 2. The summed E-state index contributed by atoms with van der Waals surface area (Å²) >= 11 is 1.40. The molecule has 0 fully saturated rings. The van der Waals surface area contributed by atoms with Crippen molar-refractivity contribution < 1.29 is 14.3 Å². The molecule has 0 aliphatic carbocycles. The molecule has 0 spiro atoms. The van der Waals surface area contributed by atoms with Crippen molar-refractivity contribution >= 4 is 33.0 Å². The fraction of sp³-hybridized carbons (Fsp3) is 0.222. The predicted octanol–water partition coefficient (Wildman–Crippen LogP) is 3.61. The number of carbonyl (C=O) groups is 1. The minimum Gasteiger partial charge on any atom is -0.493 e. The van der Waals surface area contributed by atoms with Crippen LogP contribution in [0.15, 0.2) is 36.4 Å². The standard InChI is InChI=1S/C18H18N2O3S/c1-20(2)12-6-7-13-16(10-12)24-18(19-13)17(21)11-5-8-14(22-3)15(9-11)23-4/h5-10H,1-4H3. The number of methoxy groups -OCH3 is 2. The van der Waals surface area contributed by atoms with Crippen LogP contribution < -0.4 is 14.4 Å². The molecule has 2 aromatic carbocycles. The first-order valence-corrected chi connectivity index (χ1v) is 8.19. The molecular formula is C18H18N2O3S. The Kier molecular flexibility index (Phi) is 4.40. The number of hydrogen-bond acceptors (Lipinski definition) is 6. The van der Waals surface area contributed by atoms with Crippen LogP contribution in [0.1, 0.15) is 15.4 Å². The van der Waals surface area contributed by atoms with E-state index in [4.69, 9.17) is 9.47 Å². The zero-order valence-corrected chi connectivity index (χ0v) is 14.8. The molecule has 0 radical (unpaired) electrons. The van der Waals surface area contributed by atoms with Crippen LogP contribution >= 0.6 is 11.3 Å². The van der Waals surface area contributed by atoms with E-state index in [1.54, 1.807) is 32.4 Å². The number of fused-ring (bicyclic) bond motifs is 1. The highest BCUT2D eigenvalue weighted by Gasteiger charge is 2.17. The number of hydrogen-bond donors (Lipinski definition) is 0. The monoisotopic (exact) mass is 342 g/mol. The molecule has 24 heavy (non-hydrogen) atoms. The molecule has 0 bridgehead atoms. The number of aromatic nitrogens is 1. The molecule has 6 heteroatoms. The van der Waals surface area contributed by atoms with Gasteiger partial charge in [-0.1, -0.05) is 0 Å². The van der Waals surface area contributed by atoms with Gasteiger partial charge in [0.15, 0.2) is 16.5 Å². The van der Waals surface area contributed by atoms with Crippen molar-refractivity contribution in [3.05, 3.63) is 47.0 Å². The maximum atomic E-state index is 12.7.